The predicted molar refractivity (Wildman–Crippen MR) is 139 cm³/mol. The molecule has 2 aliphatic rings. The van der Waals surface area contributed by atoms with Gasteiger partial charge in [-0.2, -0.15) is 0 Å². The molecule has 1 aliphatic heterocycles. The third-order valence-electron chi connectivity index (χ3n) is 6.43. The molecule has 1 saturated carbocycles. The molecule has 0 bridgehead atoms. The van der Waals surface area contributed by atoms with Crippen molar-refractivity contribution in [1.82, 2.24) is 9.71 Å². The lowest BCUT2D eigenvalue weighted by molar-refractivity contribution is -0.119. The first-order valence-corrected chi connectivity index (χ1v) is 13.9. The summed E-state index contributed by atoms with van der Waals surface area (Å²) in [6.45, 7) is 2.50. The van der Waals surface area contributed by atoms with Gasteiger partial charge in [-0.1, -0.05) is 23.2 Å². The number of hydrogen-bond donors (Lipinski definition) is 3. The summed E-state index contributed by atoms with van der Waals surface area (Å²) in [4.78, 5) is 17.1. The lowest BCUT2D eigenvalue weighted by Crippen LogP contribution is -2.29. The first kappa shape index (κ1) is 25.4. The Balaban J connectivity index is 1.45. The van der Waals surface area contributed by atoms with Gasteiger partial charge in [0.15, 0.2) is 0 Å². The van der Waals surface area contributed by atoms with Crippen LogP contribution in [0, 0.1) is 11.8 Å². The minimum Gasteiger partial charge on any atom is -0.385 e. The molecule has 2 heterocycles. The molecule has 3 unspecified atom stereocenters. The van der Waals surface area contributed by atoms with Crippen LogP contribution >= 0.6 is 23.2 Å². The van der Waals surface area contributed by atoms with Gasteiger partial charge < -0.3 is 15.4 Å². The zero-order valence-electron chi connectivity index (χ0n) is 19.1. The summed E-state index contributed by atoms with van der Waals surface area (Å²) in [5.41, 5.74) is 2.44. The van der Waals surface area contributed by atoms with E-state index in [9.17, 15) is 9.00 Å². The fraction of sp³-hybridized carbons (Fsp3) is 0.500. The van der Waals surface area contributed by atoms with Gasteiger partial charge in [0.25, 0.3) is 0 Å². The number of ether oxygens (including phenoxy) is 1. The molecule has 10 heteroatoms. The lowest BCUT2D eigenvalue weighted by Gasteiger charge is -2.23. The van der Waals surface area contributed by atoms with Crippen LogP contribution in [0.3, 0.4) is 0 Å². The lowest BCUT2D eigenvalue weighted by atomic mass is 10.00. The Kier molecular flexibility index (Phi) is 8.82. The zero-order valence-corrected chi connectivity index (χ0v) is 21.4. The van der Waals surface area contributed by atoms with Crippen LogP contribution in [-0.4, -0.2) is 47.2 Å². The second kappa shape index (κ2) is 11.8. The monoisotopic (exact) mass is 524 g/mol. The highest BCUT2D eigenvalue weighted by atomic mass is 35.5. The molecule has 34 heavy (non-hydrogen) atoms. The smallest absolute Gasteiger partial charge is 0.228 e. The first-order valence-electron chi connectivity index (χ1n) is 11.6. The quantitative estimate of drug-likeness (QED) is 0.457. The Morgan fingerprint density at radius 1 is 1.12 bits per heavy atom. The molecular weight excluding hydrogens is 495 g/mol. The van der Waals surface area contributed by atoms with Crippen molar-refractivity contribution in [2.24, 2.45) is 11.8 Å². The van der Waals surface area contributed by atoms with Crippen LogP contribution in [0.25, 0.3) is 11.1 Å². The molecule has 4 rings (SSSR count). The molecule has 1 aromatic carbocycles. The van der Waals surface area contributed by atoms with E-state index >= 15 is 0 Å². The van der Waals surface area contributed by atoms with E-state index in [0.29, 0.717) is 33.8 Å². The van der Waals surface area contributed by atoms with Crippen LogP contribution in [0.1, 0.15) is 32.1 Å². The van der Waals surface area contributed by atoms with Gasteiger partial charge in [-0.3, -0.25) is 4.79 Å². The summed E-state index contributed by atoms with van der Waals surface area (Å²) in [7, 11) is -1.09. The van der Waals surface area contributed by atoms with Crippen LogP contribution in [0.2, 0.25) is 10.0 Å². The highest BCUT2D eigenvalue weighted by molar-refractivity contribution is 7.82. The number of benzene rings is 1. The molecule has 1 saturated heterocycles. The number of amides is 1. The van der Waals surface area contributed by atoms with Crippen LogP contribution < -0.4 is 15.4 Å². The molecule has 1 aliphatic carbocycles. The van der Waals surface area contributed by atoms with Crippen molar-refractivity contribution in [3.05, 3.63) is 40.5 Å². The number of aromatic nitrogens is 1. The fourth-order valence-electron chi connectivity index (χ4n) is 4.56. The molecule has 7 nitrogen and oxygen atoms in total. The van der Waals surface area contributed by atoms with Gasteiger partial charge in [-0.15, -0.1) is 0 Å². The van der Waals surface area contributed by atoms with Gasteiger partial charge in [0.05, 0.1) is 16.0 Å². The number of carbonyl (C=O) groups is 1. The van der Waals surface area contributed by atoms with Crippen molar-refractivity contribution in [1.29, 1.82) is 0 Å². The zero-order chi connectivity index (χ0) is 24.1. The molecule has 1 amide bonds. The number of anilines is 2. The Morgan fingerprint density at radius 3 is 2.65 bits per heavy atom. The number of nitrogens with one attached hydrogen (secondary N) is 3. The number of hydrogen-bond acceptors (Lipinski definition) is 5. The van der Waals surface area contributed by atoms with E-state index in [1.54, 1.807) is 12.3 Å². The van der Waals surface area contributed by atoms with E-state index in [0.717, 1.165) is 56.7 Å². The number of halogens is 2. The Bertz CT molecular complexity index is 1050. The van der Waals surface area contributed by atoms with Crippen molar-refractivity contribution in [3.63, 3.8) is 0 Å². The van der Waals surface area contributed by atoms with Crippen molar-refractivity contribution >= 4 is 51.6 Å². The Labute approximate surface area is 212 Å². The highest BCUT2D eigenvalue weighted by Crippen LogP contribution is 2.36. The van der Waals surface area contributed by atoms with E-state index in [4.69, 9.17) is 27.9 Å². The second-order valence-electron chi connectivity index (χ2n) is 8.95. The highest BCUT2D eigenvalue weighted by Gasteiger charge is 2.30. The van der Waals surface area contributed by atoms with Crippen LogP contribution in [-0.2, 0) is 20.5 Å². The van der Waals surface area contributed by atoms with Crippen LogP contribution in [0.5, 0.6) is 0 Å². The molecule has 2 fully saturated rings. The predicted octanol–water partition coefficient (Wildman–Crippen LogP) is 4.88. The van der Waals surface area contributed by atoms with Crippen molar-refractivity contribution in [2.45, 2.75) is 38.1 Å². The van der Waals surface area contributed by atoms with Crippen molar-refractivity contribution in [3.8, 4) is 11.1 Å². The number of nitrogens with zero attached hydrogens (tertiary/aromatic N) is 1. The van der Waals surface area contributed by atoms with E-state index in [2.05, 4.69) is 20.3 Å². The van der Waals surface area contributed by atoms with Gasteiger partial charge in [-0.05, 0) is 62.3 Å². The van der Waals surface area contributed by atoms with E-state index in [1.165, 1.54) is 6.20 Å². The molecular formula is C24H30Cl2N4O3S. The average Bonchev–Trinajstić information content (AvgIpc) is 3.28. The normalized spacial score (nSPS) is 21.9. The summed E-state index contributed by atoms with van der Waals surface area (Å²) in [6, 6.07) is 7.63. The molecule has 0 radical (unpaired) electrons. The van der Waals surface area contributed by atoms with Gasteiger partial charge in [0.1, 0.15) is 5.82 Å². The summed E-state index contributed by atoms with van der Waals surface area (Å²) in [6.07, 6.45) is 7.46. The van der Waals surface area contributed by atoms with Gasteiger partial charge in [-0.25, -0.2) is 13.9 Å². The van der Waals surface area contributed by atoms with E-state index < -0.39 is 11.0 Å². The molecule has 0 spiro atoms. The number of carbonyl (C=O) groups excluding carboxylic acids is 1. The maximum Gasteiger partial charge on any atom is 0.228 e. The summed E-state index contributed by atoms with van der Waals surface area (Å²) >= 11 is 13.0. The molecule has 3 atom stereocenters. The van der Waals surface area contributed by atoms with Crippen LogP contribution in [0.15, 0.2) is 30.5 Å². The fourth-order valence-corrected chi connectivity index (χ4v) is 5.67. The van der Waals surface area contributed by atoms with Crippen molar-refractivity contribution < 1.29 is 13.7 Å². The Morgan fingerprint density at radius 2 is 1.88 bits per heavy atom. The maximum atomic E-state index is 12.8. The summed E-state index contributed by atoms with van der Waals surface area (Å²) in [5.74, 6) is 0.770. The van der Waals surface area contributed by atoms with Gasteiger partial charge in [0.2, 0.25) is 5.91 Å². The summed E-state index contributed by atoms with van der Waals surface area (Å²) in [5, 5.41) is 7.44. The molecule has 1 aromatic heterocycles. The molecule has 3 N–H and O–H groups in total. The SMILES string of the molecule is CS(=O)NC1CCC(C(=O)Nc2cc(-c3cc(NCC4CCOCC4)ccc3Cl)c(Cl)cn2)C1. The minimum atomic E-state index is -1.09. The Hall–Kier alpha value is -1.71. The van der Waals surface area contributed by atoms with E-state index in [-0.39, 0.29) is 17.9 Å². The van der Waals surface area contributed by atoms with E-state index in [1.807, 2.05) is 18.2 Å². The molecule has 184 valence electrons. The second-order valence-corrected chi connectivity index (χ2v) is 10.9. The number of rotatable bonds is 8. The summed E-state index contributed by atoms with van der Waals surface area (Å²) < 4.78 is 19.8. The third kappa shape index (κ3) is 6.70. The standard InChI is InChI=1S/C24H30Cl2N4O3S/c1-34(32)30-18-3-2-16(10-18)24(31)29-23-12-20(22(26)14-28-23)19-11-17(4-5-21(19)25)27-13-15-6-8-33-9-7-15/h4-5,11-12,14-16,18,27,30H,2-3,6-10,13H2,1H3,(H,28,29,31). The van der Waals surface area contributed by atoms with Crippen LogP contribution in [0.4, 0.5) is 11.5 Å². The minimum absolute atomic E-state index is 0.0884. The maximum absolute atomic E-state index is 12.8. The van der Waals surface area contributed by atoms with Gasteiger partial charge in [0, 0.05) is 66.0 Å². The van der Waals surface area contributed by atoms with Gasteiger partial charge >= 0.3 is 0 Å². The topological polar surface area (TPSA) is 92.4 Å². The third-order valence-corrected chi connectivity index (χ3v) is 7.73. The largest absolute Gasteiger partial charge is 0.385 e. The number of pyridine rings is 1. The first-order chi connectivity index (χ1) is 16.4. The average molecular weight is 526 g/mol. The van der Waals surface area contributed by atoms with Crippen molar-refractivity contribution in [2.75, 3.05) is 36.6 Å². The molecule has 2 aromatic rings.